The van der Waals surface area contributed by atoms with E-state index >= 15 is 0 Å². The Kier molecular flexibility index (Phi) is 4.21. The minimum atomic E-state index is 0.735. The Bertz CT molecular complexity index is 1120. The molecular weight excluding hydrogens is 374 g/mol. The Morgan fingerprint density at radius 2 is 2.19 bits per heavy atom. The summed E-state index contributed by atoms with van der Waals surface area (Å²) in [7, 11) is 2.01. The molecule has 0 fully saturated rings. The molecule has 0 N–H and O–H groups in total. The summed E-state index contributed by atoms with van der Waals surface area (Å²) in [6.07, 6.45) is 10.9. The van der Waals surface area contributed by atoms with E-state index in [2.05, 4.69) is 16.9 Å². The molecule has 0 spiro atoms. The van der Waals surface area contributed by atoms with Crippen LogP contribution < -0.4 is 0 Å². The van der Waals surface area contributed by atoms with Gasteiger partial charge < -0.3 is 4.57 Å². The number of fused-ring (bicyclic) bond motifs is 3. The van der Waals surface area contributed by atoms with Crippen LogP contribution >= 0.6 is 23.1 Å². The zero-order valence-corrected chi connectivity index (χ0v) is 16.8. The second-order valence-corrected chi connectivity index (χ2v) is 9.09. The van der Waals surface area contributed by atoms with E-state index in [1.54, 1.807) is 18.0 Å². The van der Waals surface area contributed by atoms with Crippen molar-refractivity contribution in [2.24, 2.45) is 13.0 Å². The maximum atomic E-state index is 4.95. The largest absolute Gasteiger partial charge is 0.329 e. The lowest BCUT2D eigenvalue weighted by molar-refractivity contribution is 0.509. The molecule has 0 saturated heterocycles. The molecule has 27 heavy (non-hydrogen) atoms. The smallest absolute Gasteiger partial charge is 0.174 e. The van der Waals surface area contributed by atoms with Crippen LogP contribution in [0.15, 0.2) is 47.1 Å². The second-order valence-electron chi connectivity index (χ2n) is 7.05. The molecule has 4 aromatic heterocycles. The van der Waals surface area contributed by atoms with Gasteiger partial charge in [0.15, 0.2) is 11.0 Å². The predicted octanol–water partition coefficient (Wildman–Crippen LogP) is 4.76. The summed E-state index contributed by atoms with van der Waals surface area (Å²) in [6.45, 7) is 2.34. The third-order valence-corrected chi connectivity index (χ3v) is 7.22. The average molecular weight is 394 g/mol. The van der Waals surface area contributed by atoms with Crippen molar-refractivity contribution in [1.82, 2.24) is 24.5 Å². The van der Waals surface area contributed by atoms with E-state index in [4.69, 9.17) is 9.97 Å². The van der Waals surface area contributed by atoms with Gasteiger partial charge in [-0.25, -0.2) is 15.0 Å². The van der Waals surface area contributed by atoms with Crippen molar-refractivity contribution < 1.29 is 0 Å². The molecule has 5 rings (SSSR count). The highest BCUT2D eigenvalue weighted by molar-refractivity contribution is 7.99. The van der Waals surface area contributed by atoms with E-state index in [1.807, 2.05) is 53.7 Å². The summed E-state index contributed by atoms with van der Waals surface area (Å²) >= 11 is 3.46. The summed E-state index contributed by atoms with van der Waals surface area (Å²) in [5.74, 6) is 1.47. The maximum Gasteiger partial charge on any atom is 0.174 e. The summed E-state index contributed by atoms with van der Waals surface area (Å²) in [5, 5.41) is 3.17. The van der Waals surface area contributed by atoms with Crippen LogP contribution in [-0.2, 0) is 19.9 Å². The van der Waals surface area contributed by atoms with Gasteiger partial charge in [-0.3, -0.25) is 4.98 Å². The van der Waals surface area contributed by atoms with E-state index in [0.717, 1.165) is 45.2 Å². The lowest BCUT2D eigenvalue weighted by Crippen LogP contribution is -2.08. The van der Waals surface area contributed by atoms with Gasteiger partial charge in [0.25, 0.3) is 0 Å². The Hall–Kier alpha value is -2.25. The molecular formula is C20H19N5S2. The molecule has 0 unspecified atom stereocenters. The zero-order valence-electron chi connectivity index (χ0n) is 15.2. The van der Waals surface area contributed by atoms with Crippen molar-refractivity contribution in [2.45, 2.75) is 36.4 Å². The van der Waals surface area contributed by atoms with Crippen molar-refractivity contribution in [3.8, 4) is 11.4 Å². The van der Waals surface area contributed by atoms with E-state index < -0.39 is 0 Å². The second kappa shape index (κ2) is 6.73. The summed E-state index contributed by atoms with van der Waals surface area (Å²) in [6, 6.07) is 3.94. The van der Waals surface area contributed by atoms with Crippen LogP contribution in [0.1, 0.15) is 23.8 Å². The van der Waals surface area contributed by atoms with Crippen LogP contribution in [0.3, 0.4) is 0 Å². The third kappa shape index (κ3) is 3.04. The highest BCUT2D eigenvalue weighted by Crippen LogP contribution is 2.42. The van der Waals surface area contributed by atoms with Crippen LogP contribution in [0.5, 0.6) is 0 Å². The van der Waals surface area contributed by atoms with Gasteiger partial charge in [0.1, 0.15) is 9.86 Å². The van der Waals surface area contributed by atoms with Crippen molar-refractivity contribution in [3.05, 3.63) is 47.4 Å². The van der Waals surface area contributed by atoms with Crippen LogP contribution in [0.2, 0.25) is 0 Å². The van der Waals surface area contributed by atoms with Crippen LogP contribution in [0, 0.1) is 5.92 Å². The fourth-order valence-corrected chi connectivity index (χ4v) is 5.94. The molecule has 4 aromatic rings. The summed E-state index contributed by atoms with van der Waals surface area (Å²) in [5.41, 5.74) is 2.39. The molecule has 1 aliphatic carbocycles. The molecule has 136 valence electrons. The number of thiophene rings is 1. The first-order valence-electron chi connectivity index (χ1n) is 9.07. The molecule has 0 amide bonds. The van der Waals surface area contributed by atoms with E-state index in [-0.39, 0.29) is 0 Å². The first-order valence-corrected chi connectivity index (χ1v) is 10.7. The molecule has 0 radical (unpaired) electrons. The first kappa shape index (κ1) is 16.9. The van der Waals surface area contributed by atoms with Crippen molar-refractivity contribution in [1.29, 1.82) is 0 Å². The summed E-state index contributed by atoms with van der Waals surface area (Å²) < 4.78 is 2.03. The lowest BCUT2D eigenvalue weighted by atomic mass is 9.89. The predicted molar refractivity (Wildman–Crippen MR) is 109 cm³/mol. The minimum absolute atomic E-state index is 0.735. The number of aromatic nitrogens is 5. The van der Waals surface area contributed by atoms with Gasteiger partial charge in [0.2, 0.25) is 0 Å². The fourth-order valence-electron chi connectivity index (χ4n) is 3.54. The van der Waals surface area contributed by atoms with E-state index in [9.17, 15) is 0 Å². The molecule has 7 heteroatoms. The number of aryl methyl sites for hydroxylation is 2. The van der Waals surface area contributed by atoms with Gasteiger partial charge in [-0.15, -0.1) is 11.3 Å². The van der Waals surface area contributed by atoms with Gasteiger partial charge in [0, 0.05) is 47.7 Å². The number of rotatable bonds is 3. The monoisotopic (exact) mass is 393 g/mol. The van der Waals surface area contributed by atoms with Crippen LogP contribution in [0.25, 0.3) is 21.6 Å². The zero-order chi connectivity index (χ0) is 18.4. The number of pyridine rings is 1. The molecule has 1 atom stereocenters. The Labute approximate surface area is 165 Å². The Balaban J connectivity index is 1.72. The number of hydrogen-bond acceptors (Lipinski definition) is 6. The molecule has 4 heterocycles. The van der Waals surface area contributed by atoms with Crippen LogP contribution in [0.4, 0.5) is 0 Å². The van der Waals surface area contributed by atoms with E-state index in [0.29, 0.717) is 0 Å². The first-order chi connectivity index (χ1) is 13.2. The topological polar surface area (TPSA) is 56.5 Å². The third-order valence-electron chi connectivity index (χ3n) is 5.01. The fraction of sp³-hybridized carbons (Fsp3) is 0.300. The van der Waals surface area contributed by atoms with E-state index in [1.165, 1.54) is 22.2 Å². The molecule has 0 aromatic carbocycles. The van der Waals surface area contributed by atoms with Gasteiger partial charge in [-0.2, -0.15) is 0 Å². The standard InChI is InChI=1S/C20H19N5S2/c1-12-5-6-14-15(10-12)26-18-16(14)19(27-20-22-8-9-25(20)2)24-17(23-18)13-4-3-7-21-11-13/h3-4,7-9,11-12H,5-6,10H2,1-2H3/t12-/m1/s1. The number of imidazole rings is 1. The minimum Gasteiger partial charge on any atom is -0.329 e. The van der Waals surface area contributed by atoms with Crippen LogP contribution in [-0.4, -0.2) is 24.5 Å². The van der Waals surface area contributed by atoms with Crippen molar-refractivity contribution in [3.63, 3.8) is 0 Å². The lowest BCUT2D eigenvalue weighted by Gasteiger charge is -2.18. The molecule has 1 aliphatic rings. The molecule has 0 aliphatic heterocycles. The molecule has 0 saturated carbocycles. The van der Waals surface area contributed by atoms with Crippen molar-refractivity contribution >= 4 is 33.3 Å². The van der Waals surface area contributed by atoms with Crippen molar-refractivity contribution in [2.75, 3.05) is 0 Å². The Morgan fingerprint density at radius 1 is 1.26 bits per heavy atom. The number of nitrogens with zero attached hydrogens (tertiary/aromatic N) is 5. The highest BCUT2D eigenvalue weighted by atomic mass is 32.2. The SMILES string of the molecule is C[C@@H]1CCc2c(sc3nc(-c4cccnc4)nc(Sc4nccn4C)c23)C1. The summed E-state index contributed by atoms with van der Waals surface area (Å²) in [4.78, 5) is 21.1. The Morgan fingerprint density at radius 3 is 2.96 bits per heavy atom. The quantitative estimate of drug-likeness (QED) is 0.470. The van der Waals surface area contributed by atoms with Gasteiger partial charge >= 0.3 is 0 Å². The molecule has 0 bridgehead atoms. The maximum absolute atomic E-state index is 4.95. The van der Waals surface area contributed by atoms with Gasteiger partial charge in [0.05, 0.1) is 0 Å². The number of hydrogen-bond donors (Lipinski definition) is 0. The molecule has 5 nitrogen and oxygen atoms in total. The van der Waals surface area contributed by atoms with Gasteiger partial charge in [-0.05, 0) is 54.6 Å². The van der Waals surface area contributed by atoms with Gasteiger partial charge in [-0.1, -0.05) is 6.92 Å². The average Bonchev–Trinajstić information content (AvgIpc) is 3.25. The normalized spacial score (nSPS) is 16.6. The highest BCUT2D eigenvalue weighted by Gasteiger charge is 2.25.